The largest absolute Gasteiger partial charge is 0.469 e. The van der Waals surface area contributed by atoms with Crippen LogP contribution < -0.4 is 5.32 Å². The van der Waals surface area contributed by atoms with Crippen molar-refractivity contribution in [3.8, 4) is 0 Å². The van der Waals surface area contributed by atoms with Crippen molar-refractivity contribution in [3.05, 3.63) is 28.8 Å². The molecule has 0 aliphatic carbocycles. The number of rotatable bonds is 4. The molecule has 1 aliphatic heterocycles. The van der Waals surface area contributed by atoms with Gasteiger partial charge in [-0.15, -0.1) is 0 Å². The molecule has 1 fully saturated rings. The molecule has 0 spiro atoms. The molecular weight excluding hydrogens is 316 g/mol. The van der Waals surface area contributed by atoms with Gasteiger partial charge in [-0.25, -0.2) is 0 Å². The van der Waals surface area contributed by atoms with Crippen molar-refractivity contribution in [2.45, 2.75) is 32.7 Å². The molecule has 1 atom stereocenters. The molecule has 0 saturated carbocycles. The molecular formula is C17H23ClN2O3. The number of benzene rings is 1. The fourth-order valence-corrected chi connectivity index (χ4v) is 3.01. The van der Waals surface area contributed by atoms with Gasteiger partial charge in [-0.2, -0.15) is 0 Å². The molecule has 1 aromatic rings. The van der Waals surface area contributed by atoms with E-state index < -0.39 is 0 Å². The Morgan fingerprint density at radius 3 is 2.61 bits per heavy atom. The zero-order valence-electron chi connectivity index (χ0n) is 13.8. The van der Waals surface area contributed by atoms with Gasteiger partial charge in [0.2, 0.25) is 5.91 Å². The van der Waals surface area contributed by atoms with E-state index in [1.807, 2.05) is 26.0 Å². The van der Waals surface area contributed by atoms with Gasteiger partial charge in [0, 0.05) is 10.7 Å². The predicted octanol–water partition coefficient (Wildman–Crippen LogP) is 2.86. The highest BCUT2D eigenvalue weighted by Gasteiger charge is 2.30. The first-order valence-electron chi connectivity index (χ1n) is 7.82. The number of nitrogens with one attached hydrogen (secondary N) is 1. The first-order valence-corrected chi connectivity index (χ1v) is 8.19. The van der Waals surface area contributed by atoms with Gasteiger partial charge in [-0.3, -0.25) is 14.5 Å². The second-order valence-corrected chi connectivity index (χ2v) is 6.32. The van der Waals surface area contributed by atoms with Crippen molar-refractivity contribution in [2.75, 3.05) is 25.5 Å². The normalized spacial score (nSPS) is 17.6. The van der Waals surface area contributed by atoms with Crippen LogP contribution >= 0.6 is 11.6 Å². The van der Waals surface area contributed by atoms with E-state index in [1.54, 1.807) is 6.07 Å². The van der Waals surface area contributed by atoms with E-state index in [-0.39, 0.29) is 23.8 Å². The van der Waals surface area contributed by atoms with Gasteiger partial charge in [0.25, 0.3) is 0 Å². The summed E-state index contributed by atoms with van der Waals surface area (Å²) in [6.45, 7) is 5.18. The van der Waals surface area contributed by atoms with Crippen molar-refractivity contribution < 1.29 is 14.3 Å². The Labute approximate surface area is 141 Å². The van der Waals surface area contributed by atoms with Crippen LogP contribution in [0.5, 0.6) is 0 Å². The summed E-state index contributed by atoms with van der Waals surface area (Å²) in [6.07, 6.45) is 1.45. The van der Waals surface area contributed by atoms with Gasteiger partial charge < -0.3 is 10.1 Å². The zero-order chi connectivity index (χ0) is 17.0. The van der Waals surface area contributed by atoms with E-state index in [1.165, 1.54) is 7.11 Å². The molecule has 0 bridgehead atoms. The maximum atomic E-state index is 12.5. The number of amides is 1. The number of carbonyl (C=O) groups is 2. The van der Waals surface area contributed by atoms with Crippen molar-refractivity contribution in [1.82, 2.24) is 4.90 Å². The topological polar surface area (TPSA) is 58.6 Å². The number of hydrogen-bond acceptors (Lipinski definition) is 4. The third kappa shape index (κ3) is 4.24. The molecule has 126 valence electrons. The van der Waals surface area contributed by atoms with Crippen LogP contribution in [0.4, 0.5) is 5.69 Å². The minimum Gasteiger partial charge on any atom is -0.469 e. The maximum absolute atomic E-state index is 12.5. The third-order valence-electron chi connectivity index (χ3n) is 4.52. The lowest BCUT2D eigenvalue weighted by atomic mass is 9.96. The highest BCUT2D eigenvalue weighted by atomic mass is 35.5. The van der Waals surface area contributed by atoms with Gasteiger partial charge >= 0.3 is 5.97 Å². The predicted molar refractivity (Wildman–Crippen MR) is 90.6 cm³/mol. The lowest BCUT2D eigenvalue weighted by molar-refractivity contribution is -0.147. The van der Waals surface area contributed by atoms with Crippen LogP contribution in [0.3, 0.4) is 0 Å². The fraction of sp³-hybridized carbons (Fsp3) is 0.529. The van der Waals surface area contributed by atoms with Crippen molar-refractivity contribution in [3.63, 3.8) is 0 Å². The average molecular weight is 339 g/mol. The molecule has 2 rings (SSSR count). The van der Waals surface area contributed by atoms with Gasteiger partial charge in [-0.1, -0.05) is 17.7 Å². The Kier molecular flexibility index (Phi) is 6.02. The molecule has 1 aromatic carbocycles. The summed E-state index contributed by atoms with van der Waals surface area (Å²) in [5.74, 6) is -0.273. The number of carbonyl (C=O) groups excluding carboxylic acids is 2. The summed E-state index contributed by atoms with van der Waals surface area (Å²) in [5.41, 5.74) is 1.60. The number of ether oxygens (including phenoxy) is 1. The van der Waals surface area contributed by atoms with E-state index in [2.05, 4.69) is 10.2 Å². The van der Waals surface area contributed by atoms with Crippen LogP contribution in [0.2, 0.25) is 5.02 Å². The molecule has 1 heterocycles. The number of hydrogen-bond donors (Lipinski definition) is 1. The zero-order valence-corrected chi connectivity index (χ0v) is 14.5. The highest BCUT2D eigenvalue weighted by Crippen LogP contribution is 2.24. The molecule has 0 radical (unpaired) electrons. The van der Waals surface area contributed by atoms with Crippen molar-refractivity contribution >= 4 is 29.2 Å². The highest BCUT2D eigenvalue weighted by molar-refractivity contribution is 6.31. The van der Waals surface area contributed by atoms with Gasteiger partial charge in [0.05, 0.1) is 19.1 Å². The third-order valence-corrected chi connectivity index (χ3v) is 4.93. The maximum Gasteiger partial charge on any atom is 0.308 e. The number of likely N-dealkylation sites (tertiary alicyclic amines) is 1. The lowest BCUT2D eigenvalue weighted by Crippen LogP contribution is -2.47. The molecule has 1 aliphatic rings. The molecule has 5 nitrogen and oxygen atoms in total. The summed E-state index contributed by atoms with van der Waals surface area (Å²) in [4.78, 5) is 26.1. The Morgan fingerprint density at radius 2 is 2.00 bits per heavy atom. The second kappa shape index (κ2) is 7.79. The number of nitrogens with zero attached hydrogens (tertiary/aromatic N) is 1. The SMILES string of the molecule is COC(=O)C1CCN(C(C)C(=O)Nc2cccc(Cl)c2C)CC1. The van der Waals surface area contributed by atoms with Gasteiger partial charge in [-0.05, 0) is 57.5 Å². The fourth-order valence-electron chi connectivity index (χ4n) is 2.84. The monoisotopic (exact) mass is 338 g/mol. The molecule has 23 heavy (non-hydrogen) atoms. The molecule has 1 saturated heterocycles. The summed E-state index contributed by atoms with van der Waals surface area (Å²) >= 11 is 6.08. The number of methoxy groups -OCH3 is 1. The Balaban J connectivity index is 1.93. The molecule has 1 amide bonds. The van der Waals surface area contributed by atoms with Crippen LogP contribution in [0.15, 0.2) is 18.2 Å². The van der Waals surface area contributed by atoms with E-state index in [4.69, 9.17) is 16.3 Å². The molecule has 1 unspecified atom stereocenters. The number of halogens is 1. The number of esters is 1. The first kappa shape index (κ1) is 17.8. The van der Waals surface area contributed by atoms with Crippen LogP contribution in [0, 0.1) is 12.8 Å². The van der Waals surface area contributed by atoms with E-state index >= 15 is 0 Å². The Hall–Kier alpha value is -1.59. The van der Waals surface area contributed by atoms with Crippen LogP contribution in [-0.2, 0) is 14.3 Å². The minimum absolute atomic E-state index is 0.0540. The number of anilines is 1. The summed E-state index contributed by atoms with van der Waals surface area (Å²) < 4.78 is 4.79. The summed E-state index contributed by atoms with van der Waals surface area (Å²) in [6, 6.07) is 5.20. The second-order valence-electron chi connectivity index (χ2n) is 5.91. The van der Waals surface area contributed by atoms with E-state index in [0.29, 0.717) is 18.1 Å². The standard InChI is InChI=1S/C17H23ClN2O3/c1-11-14(18)5-4-6-15(11)19-16(21)12(2)20-9-7-13(8-10-20)17(22)23-3/h4-6,12-13H,7-10H2,1-3H3,(H,19,21). The van der Waals surface area contributed by atoms with Gasteiger partial charge in [0.1, 0.15) is 0 Å². The molecule has 0 aromatic heterocycles. The number of piperidine rings is 1. The Bertz CT molecular complexity index is 583. The van der Waals surface area contributed by atoms with Crippen LogP contribution in [0.25, 0.3) is 0 Å². The first-order chi connectivity index (χ1) is 10.9. The molecule has 6 heteroatoms. The molecule has 1 N–H and O–H groups in total. The van der Waals surface area contributed by atoms with E-state index in [9.17, 15) is 9.59 Å². The Morgan fingerprint density at radius 1 is 1.35 bits per heavy atom. The van der Waals surface area contributed by atoms with Crippen LogP contribution in [0.1, 0.15) is 25.3 Å². The lowest BCUT2D eigenvalue weighted by Gasteiger charge is -2.34. The van der Waals surface area contributed by atoms with Gasteiger partial charge in [0.15, 0.2) is 0 Å². The smallest absolute Gasteiger partial charge is 0.308 e. The van der Waals surface area contributed by atoms with Crippen molar-refractivity contribution in [1.29, 1.82) is 0 Å². The van der Waals surface area contributed by atoms with E-state index in [0.717, 1.165) is 24.1 Å². The quantitative estimate of drug-likeness (QED) is 0.858. The van der Waals surface area contributed by atoms with Crippen LogP contribution in [-0.4, -0.2) is 43.0 Å². The van der Waals surface area contributed by atoms with Crippen molar-refractivity contribution in [2.24, 2.45) is 5.92 Å². The summed E-state index contributed by atoms with van der Waals surface area (Å²) in [5, 5.41) is 3.57. The average Bonchev–Trinajstić information content (AvgIpc) is 2.57. The summed E-state index contributed by atoms with van der Waals surface area (Å²) in [7, 11) is 1.41. The minimum atomic E-state index is -0.257.